The topological polar surface area (TPSA) is 29.3 Å². The lowest BCUT2D eigenvalue weighted by Gasteiger charge is -2.44. The van der Waals surface area contributed by atoms with E-state index in [4.69, 9.17) is 5.73 Å². The number of rotatable bonds is 3. The Labute approximate surface area is 101 Å². The molecular formula is C14H28N2. The number of piperidine rings is 1. The second kappa shape index (κ2) is 6.02. The molecule has 1 saturated heterocycles. The first-order chi connectivity index (χ1) is 7.81. The molecule has 0 amide bonds. The predicted octanol–water partition coefficient (Wildman–Crippen LogP) is 2.91. The number of nitrogens with zero attached hydrogens (tertiary/aromatic N) is 1. The van der Waals surface area contributed by atoms with Crippen molar-refractivity contribution in [3.63, 3.8) is 0 Å². The molecular weight excluding hydrogens is 196 g/mol. The molecule has 0 aromatic carbocycles. The fraction of sp³-hybridized carbons (Fsp3) is 1.00. The van der Waals surface area contributed by atoms with Gasteiger partial charge >= 0.3 is 0 Å². The van der Waals surface area contributed by atoms with Crippen LogP contribution in [-0.2, 0) is 0 Å². The van der Waals surface area contributed by atoms with Crippen LogP contribution >= 0.6 is 0 Å². The average Bonchev–Trinajstić information content (AvgIpc) is 2.30. The van der Waals surface area contributed by atoms with E-state index in [9.17, 15) is 0 Å². The van der Waals surface area contributed by atoms with E-state index in [1.807, 2.05) is 0 Å². The molecule has 94 valence electrons. The largest absolute Gasteiger partial charge is 0.328 e. The van der Waals surface area contributed by atoms with Crippen molar-refractivity contribution in [3.8, 4) is 0 Å². The second-order valence-corrected chi connectivity index (χ2v) is 5.76. The van der Waals surface area contributed by atoms with Crippen LogP contribution in [0.1, 0.15) is 64.7 Å². The standard InChI is InChI=1S/C14H28N2/c1-2-6-13-8-3-4-10-16(13)14-9-5-7-12(15)11-14/h12-14H,2-11,15H2,1H3. The third kappa shape index (κ3) is 2.98. The molecule has 2 nitrogen and oxygen atoms in total. The molecule has 1 saturated carbocycles. The van der Waals surface area contributed by atoms with E-state index in [2.05, 4.69) is 11.8 Å². The number of nitrogens with two attached hydrogens (primary N) is 1. The number of hydrogen-bond acceptors (Lipinski definition) is 2. The Hall–Kier alpha value is -0.0800. The highest BCUT2D eigenvalue weighted by Crippen LogP contribution is 2.29. The van der Waals surface area contributed by atoms with Crippen LogP contribution in [0.2, 0.25) is 0 Å². The van der Waals surface area contributed by atoms with Gasteiger partial charge in [0.25, 0.3) is 0 Å². The summed E-state index contributed by atoms with van der Waals surface area (Å²) in [7, 11) is 0. The molecule has 1 aliphatic carbocycles. The normalized spacial score (nSPS) is 37.5. The van der Waals surface area contributed by atoms with Crippen LogP contribution in [0.3, 0.4) is 0 Å². The van der Waals surface area contributed by atoms with E-state index >= 15 is 0 Å². The van der Waals surface area contributed by atoms with E-state index < -0.39 is 0 Å². The molecule has 2 aliphatic rings. The molecule has 3 unspecified atom stereocenters. The highest BCUT2D eigenvalue weighted by atomic mass is 15.2. The van der Waals surface area contributed by atoms with E-state index in [0.29, 0.717) is 6.04 Å². The Kier molecular flexibility index (Phi) is 4.66. The van der Waals surface area contributed by atoms with Gasteiger partial charge in [0.2, 0.25) is 0 Å². The van der Waals surface area contributed by atoms with Crippen molar-refractivity contribution < 1.29 is 0 Å². The van der Waals surface area contributed by atoms with Crippen LogP contribution < -0.4 is 5.73 Å². The predicted molar refractivity (Wildman–Crippen MR) is 69.5 cm³/mol. The van der Waals surface area contributed by atoms with Crippen LogP contribution in [0.25, 0.3) is 0 Å². The van der Waals surface area contributed by atoms with Crippen molar-refractivity contribution >= 4 is 0 Å². The van der Waals surface area contributed by atoms with Crippen molar-refractivity contribution in [2.75, 3.05) is 6.54 Å². The number of likely N-dealkylation sites (tertiary alicyclic amines) is 1. The van der Waals surface area contributed by atoms with Gasteiger partial charge in [-0.25, -0.2) is 0 Å². The van der Waals surface area contributed by atoms with Crippen molar-refractivity contribution in [3.05, 3.63) is 0 Å². The van der Waals surface area contributed by atoms with Gasteiger partial charge in [-0.1, -0.05) is 26.2 Å². The van der Waals surface area contributed by atoms with Crippen molar-refractivity contribution in [1.29, 1.82) is 0 Å². The smallest absolute Gasteiger partial charge is 0.0113 e. The van der Waals surface area contributed by atoms with Gasteiger partial charge in [-0.05, 0) is 45.1 Å². The lowest BCUT2D eigenvalue weighted by atomic mass is 9.87. The lowest BCUT2D eigenvalue weighted by Crippen LogP contribution is -2.49. The Morgan fingerprint density at radius 2 is 2.00 bits per heavy atom. The van der Waals surface area contributed by atoms with Crippen molar-refractivity contribution in [2.24, 2.45) is 5.73 Å². The Morgan fingerprint density at radius 1 is 1.12 bits per heavy atom. The minimum atomic E-state index is 0.475. The molecule has 16 heavy (non-hydrogen) atoms. The molecule has 2 fully saturated rings. The first-order valence-corrected chi connectivity index (χ1v) is 7.32. The summed E-state index contributed by atoms with van der Waals surface area (Å²) in [5.41, 5.74) is 6.12. The van der Waals surface area contributed by atoms with Gasteiger partial charge in [-0.2, -0.15) is 0 Å². The van der Waals surface area contributed by atoms with Crippen molar-refractivity contribution in [1.82, 2.24) is 4.90 Å². The van der Waals surface area contributed by atoms with E-state index in [1.165, 1.54) is 64.3 Å². The van der Waals surface area contributed by atoms with E-state index in [1.54, 1.807) is 0 Å². The number of hydrogen-bond donors (Lipinski definition) is 1. The maximum absolute atomic E-state index is 6.12. The average molecular weight is 224 g/mol. The fourth-order valence-corrected chi connectivity index (χ4v) is 3.65. The molecule has 1 heterocycles. The quantitative estimate of drug-likeness (QED) is 0.798. The summed E-state index contributed by atoms with van der Waals surface area (Å²) in [6.45, 7) is 3.65. The maximum atomic E-state index is 6.12. The summed E-state index contributed by atoms with van der Waals surface area (Å²) in [6.07, 6.45) is 12.3. The Balaban J connectivity index is 1.93. The Morgan fingerprint density at radius 3 is 2.75 bits per heavy atom. The molecule has 0 bridgehead atoms. The minimum absolute atomic E-state index is 0.475. The third-order valence-corrected chi connectivity index (χ3v) is 4.45. The lowest BCUT2D eigenvalue weighted by molar-refractivity contribution is 0.0632. The highest BCUT2D eigenvalue weighted by molar-refractivity contribution is 4.87. The summed E-state index contributed by atoms with van der Waals surface area (Å²) >= 11 is 0. The highest BCUT2D eigenvalue weighted by Gasteiger charge is 2.30. The first kappa shape index (κ1) is 12.4. The van der Waals surface area contributed by atoms with Crippen molar-refractivity contribution in [2.45, 2.75) is 82.8 Å². The van der Waals surface area contributed by atoms with Gasteiger partial charge in [0.1, 0.15) is 0 Å². The van der Waals surface area contributed by atoms with Crippen LogP contribution in [0.4, 0.5) is 0 Å². The van der Waals surface area contributed by atoms with Crippen LogP contribution in [0, 0.1) is 0 Å². The zero-order valence-corrected chi connectivity index (χ0v) is 10.8. The van der Waals surface area contributed by atoms with Crippen LogP contribution in [-0.4, -0.2) is 29.6 Å². The van der Waals surface area contributed by atoms with Gasteiger partial charge in [0.15, 0.2) is 0 Å². The SMILES string of the molecule is CCCC1CCCCN1C1CCCC(N)C1. The van der Waals surface area contributed by atoms with Crippen LogP contribution in [0.5, 0.6) is 0 Å². The third-order valence-electron chi connectivity index (χ3n) is 4.45. The summed E-state index contributed by atoms with van der Waals surface area (Å²) in [6, 6.07) is 2.15. The molecule has 3 atom stereocenters. The van der Waals surface area contributed by atoms with Gasteiger partial charge < -0.3 is 5.73 Å². The van der Waals surface area contributed by atoms with Gasteiger partial charge in [0, 0.05) is 18.1 Å². The summed E-state index contributed by atoms with van der Waals surface area (Å²) in [5.74, 6) is 0. The van der Waals surface area contributed by atoms with Gasteiger partial charge in [-0.15, -0.1) is 0 Å². The monoisotopic (exact) mass is 224 g/mol. The molecule has 0 aromatic rings. The van der Waals surface area contributed by atoms with Gasteiger partial charge in [-0.3, -0.25) is 4.90 Å². The molecule has 0 aromatic heterocycles. The minimum Gasteiger partial charge on any atom is -0.328 e. The summed E-state index contributed by atoms with van der Waals surface area (Å²) in [5, 5.41) is 0. The fourth-order valence-electron chi connectivity index (χ4n) is 3.65. The zero-order chi connectivity index (χ0) is 11.4. The second-order valence-electron chi connectivity index (χ2n) is 5.76. The summed E-state index contributed by atoms with van der Waals surface area (Å²) in [4.78, 5) is 2.81. The summed E-state index contributed by atoms with van der Waals surface area (Å²) < 4.78 is 0. The maximum Gasteiger partial charge on any atom is 0.0113 e. The van der Waals surface area contributed by atoms with Crippen LogP contribution in [0.15, 0.2) is 0 Å². The molecule has 1 aliphatic heterocycles. The molecule has 2 N–H and O–H groups in total. The Bertz CT molecular complexity index is 203. The first-order valence-electron chi connectivity index (χ1n) is 7.32. The van der Waals surface area contributed by atoms with E-state index in [-0.39, 0.29) is 0 Å². The molecule has 0 spiro atoms. The zero-order valence-electron chi connectivity index (χ0n) is 10.8. The molecule has 2 rings (SSSR count). The molecule has 0 radical (unpaired) electrons. The van der Waals surface area contributed by atoms with E-state index in [0.717, 1.165) is 12.1 Å². The van der Waals surface area contributed by atoms with Gasteiger partial charge in [0.05, 0.1) is 0 Å². The molecule has 2 heteroatoms.